The molecule has 1 heterocycles. The fraction of sp³-hybridized carbons (Fsp3) is 0.684. The van der Waals surface area contributed by atoms with Crippen molar-refractivity contribution in [2.24, 2.45) is 11.7 Å². The fourth-order valence-electron chi connectivity index (χ4n) is 3.59. The molecule has 0 aromatic heterocycles. The molecule has 0 spiro atoms. The number of rotatable bonds is 8. The molecule has 2 N–H and O–H groups in total. The highest BCUT2D eigenvalue weighted by atomic mass is 15.2. The molecule has 22 heavy (non-hydrogen) atoms. The molecule has 1 saturated heterocycles. The second-order valence-electron chi connectivity index (χ2n) is 6.98. The van der Waals surface area contributed by atoms with Crippen LogP contribution in [0.1, 0.15) is 42.0 Å². The fourth-order valence-corrected chi connectivity index (χ4v) is 3.59. The van der Waals surface area contributed by atoms with Crippen LogP contribution in [0.15, 0.2) is 12.1 Å². The Morgan fingerprint density at radius 1 is 1.23 bits per heavy atom. The molecular formula is C19H31BN2. The largest absolute Gasteiger partial charge is 0.330 e. The van der Waals surface area contributed by atoms with Gasteiger partial charge < -0.3 is 5.73 Å². The lowest BCUT2D eigenvalue weighted by Crippen LogP contribution is -2.51. The summed E-state index contributed by atoms with van der Waals surface area (Å²) in [6, 6.07) is 5.30. The second-order valence-corrected chi connectivity index (χ2v) is 6.98. The third kappa shape index (κ3) is 4.14. The van der Waals surface area contributed by atoms with E-state index in [0.717, 1.165) is 31.6 Å². The maximum absolute atomic E-state index is 5.69. The van der Waals surface area contributed by atoms with Gasteiger partial charge >= 0.3 is 0 Å². The lowest BCUT2D eigenvalue weighted by atomic mass is 9.85. The predicted octanol–water partition coefficient (Wildman–Crippen LogP) is 3.03. The second kappa shape index (κ2) is 8.17. The summed E-state index contributed by atoms with van der Waals surface area (Å²) in [7, 11) is 5.69. The van der Waals surface area contributed by atoms with Crippen LogP contribution in [-0.2, 0) is 12.8 Å². The van der Waals surface area contributed by atoms with Crippen molar-refractivity contribution in [1.82, 2.24) is 4.90 Å². The van der Waals surface area contributed by atoms with E-state index in [0.29, 0.717) is 6.04 Å². The van der Waals surface area contributed by atoms with Gasteiger partial charge in [-0.1, -0.05) is 18.5 Å². The van der Waals surface area contributed by atoms with Gasteiger partial charge in [0.2, 0.25) is 0 Å². The van der Waals surface area contributed by atoms with E-state index in [9.17, 15) is 0 Å². The van der Waals surface area contributed by atoms with Crippen LogP contribution < -0.4 is 5.73 Å². The molecule has 1 unspecified atom stereocenters. The highest BCUT2D eigenvalue weighted by molar-refractivity contribution is 6.08. The maximum atomic E-state index is 5.69. The zero-order valence-corrected chi connectivity index (χ0v) is 14.6. The van der Waals surface area contributed by atoms with Gasteiger partial charge in [0.05, 0.1) is 7.85 Å². The first-order chi connectivity index (χ1) is 10.6. The zero-order chi connectivity index (χ0) is 16.1. The molecule has 1 aromatic rings. The molecule has 2 nitrogen and oxygen atoms in total. The smallest absolute Gasteiger partial charge is 0.0657 e. The molecule has 1 aliphatic rings. The van der Waals surface area contributed by atoms with E-state index in [4.69, 9.17) is 13.6 Å². The summed E-state index contributed by atoms with van der Waals surface area (Å²) in [4.78, 5) is 2.60. The number of aryl methyl sites for hydroxylation is 1. The van der Waals surface area contributed by atoms with Gasteiger partial charge in [-0.15, -0.1) is 0 Å². The van der Waals surface area contributed by atoms with E-state index < -0.39 is 0 Å². The molecule has 2 rings (SSSR count). The van der Waals surface area contributed by atoms with Crippen molar-refractivity contribution in [2.75, 3.05) is 19.6 Å². The third-order valence-corrected chi connectivity index (χ3v) is 5.37. The SMILES string of the molecule is [B]CCc1ccc(CC2CN(C(C)CCCN)C2)c(C)c1C. The zero-order valence-electron chi connectivity index (χ0n) is 14.6. The Morgan fingerprint density at radius 3 is 2.50 bits per heavy atom. The third-order valence-electron chi connectivity index (χ3n) is 5.37. The quantitative estimate of drug-likeness (QED) is 0.748. The molecule has 0 aliphatic carbocycles. The minimum absolute atomic E-state index is 0.689. The first kappa shape index (κ1) is 17.6. The van der Waals surface area contributed by atoms with Crippen molar-refractivity contribution in [2.45, 2.75) is 58.8 Å². The highest BCUT2D eigenvalue weighted by Gasteiger charge is 2.30. The molecule has 1 aromatic carbocycles. The summed E-state index contributed by atoms with van der Waals surface area (Å²) >= 11 is 0. The van der Waals surface area contributed by atoms with Crippen LogP contribution in [0.25, 0.3) is 0 Å². The van der Waals surface area contributed by atoms with Crippen LogP contribution in [0.5, 0.6) is 0 Å². The Bertz CT molecular complexity index is 481. The van der Waals surface area contributed by atoms with Crippen LogP contribution in [0.4, 0.5) is 0 Å². The maximum Gasteiger partial charge on any atom is 0.0657 e. The Morgan fingerprint density at radius 2 is 1.86 bits per heavy atom. The summed E-state index contributed by atoms with van der Waals surface area (Å²) in [5.41, 5.74) is 11.5. The van der Waals surface area contributed by atoms with Crippen molar-refractivity contribution in [1.29, 1.82) is 0 Å². The highest BCUT2D eigenvalue weighted by Crippen LogP contribution is 2.27. The van der Waals surface area contributed by atoms with Crippen LogP contribution in [0.2, 0.25) is 6.32 Å². The Labute approximate surface area is 137 Å². The summed E-state index contributed by atoms with van der Waals surface area (Å²) in [6.07, 6.45) is 5.31. The van der Waals surface area contributed by atoms with Gasteiger partial charge in [-0.2, -0.15) is 0 Å². The number of benzene rings is 1. The molecule has 1 aliphatic heterocycles. The Balaban J connectivity index is 1.87. The average Bonchev–Trinajstić information content (AvgIpc) is 2.47. The molecule has 2 radical (unpaired) electrons. The Hall–Kier alpha value is -0.795. The minimum atomic E-state index is 0.689. The van der Waals surface area contributed by atoms with Crippen molar-refractivity contribution >= 4 is 7.85 Å². The van der Waals surface area contributed by atoms with Gasteiger partial charge in [0, 0.05) is 19.1 Å². The molecule has 0 amide bonds. The number of hydrogen-bond donors (Lipinski definition) is 1. The number of hydrogen-bond acceptors (Lipinski definition) is 2. The molecule has 0 saturated carbocycles. The van der Waals surface area contributed by atoms with Crippen molar-refractivity contribution in [3.05, 3.63) is 34.4 Å². The van der Waals surface area contributed by atoms with Crippen LogP contribution in [0, 0.1) is 19.8 Å². The topological polar surface area (TPSA) is 29.3 Å². The van der Waals surface area contributed by atoms with Gasteiger partial charge in [0.15, 0.2) is 0 Å². The van der Waals surface area contributed by atoms with Gasteiger partial charge in [0.25, 0.3) is 0 Å². The van der Waals surface area contributed by atoms with Crippen molar-refractivity contribution in [3.8, 4) is 0 Å². The van der Waals surface area contributed by atoms with Gasteiger partial charge in [-0.25, -0.2) is 0 Å². The molecule has 3 heteroatoms. The summed E-state index contributed by atoms with van der Waals surface area (Å²) in [5.74, 6) is 0.818. The van der Waals surface area contributed by atoms with Crippen LogP contribution in [0.3, 0.4) is 0 Å². The van der Waals surface area contributed by atoms with Crippen LogP contribution in [-0.4, -0.2) is 38.4 Å². The normalized spacial score (nSPS) is 17.5. The van der Waals surface area contributed by atoms with E-state index >= 15 is 0 Å². The van der Waals surface area contributed by atoms with Gasteiger partial charge in [0.1, 0.15) is 0 Å². The molecular weight excluding hydrogens is 267 g/mol. The summed E-state index contributed by atoms with van der Waals surface area (Å²) in [5, 5.41) is 0. The van der Waals surface area contributed by atoms with E-state index in [1.807, 2.05) is 0 Å². The first-order valence-corrected chi connectivity index (χ1v) is 8.79. The van der Waals surface area contributed by atoms with Gasteiger partial charge in [-0.05, 0) is 81.2 Å². The van der Waals surface area contributed by atoms with Crippen molar-refractivity contribution in [3.63, 3.8) is 0 Å². The summed E-state index contributed by atoms with van der Waals surface area (Å²) in [6.45, 7) is 10.2. The molecule has 1 atom stereocenters. The molecule has 0 bridgehead atoms. The lowest BCUT2D eigenvalue weighted by molar-refractivity contribution is 0.0560. The number of likely N-dealkylation sites (tertiary alicyclic amines) is 1. The van der Waals surface area contributed by atoms with E-state index in [1.54, 1.807) is 0 Å². The standard InChI is InChI=1S/C19H31BN2/c1-14(5-4-10-21)22-12-17(13-22)11-19-7-6-18(8-9-20)15(2)16(19)3/h6-7,14,17H,4-5,8-13,21H2,1-3H3. The minimum Gasteiger partial charge on any atom is -0.330 e. The predicted molar refractivity (Wildman–Crippen MR) is 96.7 cm³/mol. The number of nitrogens with zero attached hydrogens (tertiary/aromatic N) is 1. The Kier molecular flexibility index (Phi) is 6.52. The van der Waals surface area contributed by atoms with E-state index in [1.165, 1.54) is 48.2 Å². The summed E-state index contributed by atoms with van der Waals surface area (Å²) < 4.78 is 0. The van der Waals surface area contributed by atoms with E-state index in [-0.39, 0.29) is 0 Å². The van der Waals surface area contributed by atoms with Gasteiger partial charge in [-0.3, -0.25) is 4.90 Å². The molecule has 1 fully saturated rings. The number of nitrogens with two attached hydrogens (primary N) is 1. The monoisotopic (exact) mass is 298 g/mol. The average molecular weight is 298 g/mol. The van der Waals surface area contributed by atoms with Crippen LogP contribution >= 0.6 is 0 Å². The first-order valence-electron chi connectivity index (χ1n) is 8.79. The lowest BCUT2D eigenvalue weighted by Gasteiger charge is -2.43. The van der Waals surface area contributed by atoms with Crippen molar-refractivity contribution < 1.29 is 0 Å². The van der Waals surface area contributed by atoms with E-state index in [2.05, 4.69) is 37.8 Å². The molecule has 120 valence electrons.